The van der Waals surface area contributed by atoms with Gasteiger partial charge in [0, 0.05) is 24.7 Å². The molecule has 1 amide bonds. The monoisotopic (exact) mass is 278 g/mol. The van der Waals surface area contributed by atoms with E-state index in [0.29, 0.717) is 30.3 Å². The highest BCUT2D eigenvalue weighted by atomic mass is 16.5. The third kappa shape index (κ3) is 5.40. The highest BCUT2D eigenvalue weighted by Crippen LogP contribution is 2.11. The number of anilines is 1. The van der Waals surface area contributed by atoms with Crippen molar-refractivity contribution >= 4 is 17.6 Å². The van der Waals surface area contributed by atoms with Crippen molar-refractivity contribution in [2.45, 2.75) is 32.7 Å². The first-order chi connectivity index (χ1) is 9.56. The van der Waals surface area contributed by atoms with Gasteiger partial charge < -0.3 is 15.4 Å². The van der Waals surface area contributed by atoms with Gasteiger partial charge in [0.05, 0.1) is 12.7 Å². The molecule has 0 aliphatic heterocycles. The number of rotatable bonds is 7. The summed E-state index contributed by atoms with van der Waals surface area (Å²) in [5, 5.41) is 6.02. The summed E-state index contributed by atoms with van der Waals surface area (Å²) in [6.45, 7) is 4.81. The van der Waals surface area contributed by atoms with E-state index in [1.807, 2.05) is 0 Å². The van der Waals surface area contributed by atoms with Gasteiger partial charge in [0.15, 0.2) is 0 Å². The fourth-order valence-corrected chi connectivity index (χ4v) is 1.64. The van der Waals surface area contributed by atoms with Crippen molar-refractivity contribution in [3.63, 3.8) is 0 Å². The summed E-state index contributed by atoms with van der Waals surface area (Å²) in [4.78, 5) is 23.2. The molecule has 110 valence electrons. The van der Waals surface area contributed by atoms with Crippen LogP contribution in [0.15, 0.2) is 24.3 Å². The number of hydrogen-bond donors (Lipinski definition) is 2. The highest BCUT2D eigenvalue weighted by molar-refractivity contribution is 5.94. The lowest BCUT2D eigenvalue weighted by molar-refractivity contribution is -0.116. The zero-order chi connectivity index (χ0) is 15.0. The molecule has 0 saturated heterocycles. The summed E-state index contributed by atoms with van der Waals surface area (Å²) in [6, 6.07) is 7.11. The van der Waals surface area contributed by atoms with Gasteiger partial charge >= 0.3 is 5.97 Å². The minimum atomic E-state index is -0.417. The van der Waals surface area contributed by atoms with Gasteiger partial charge in [0.25, 0.3) is 0 Å². The molecule has 0 fully saturated rings. The van der Waals surface area contributed by atoms with Crippen molar-refractivity contribution in [2.75, 3.05) is 19.0 Å². The molecular formula is C15H22N2O3. The van der Waals surface area contributed by atoms with Gasteiger partial charge in [-0.2, -0.15) is 0 Å². The molecular weight excluding hydrogens is 256 g/mol. The number of carbonyl (C=O) groups is 2. The molecule has 5 nitrogen and oxygen atoms in total. The van der Waals surface area contributed by atoms with Crippen LogP contribution in [0.4, 0.5) is 5.69 Å². The van der Waals surface area contributed by atoms with Crippen molar-refractivity contribution < 1.29 is 14.3 Å². The SMILES string of the molecule is CCC(C)NCCC(=O)Nc1cccc(C(=O)OC)c1. The van der Waals surface area contributed by atoms with Gasteiger partial charge in [-0.25, -0.2) is 4.79 Å². The Morgan fingerprint density at radius 3 is 2.75 bits per heavy atom. The lowest BCUT2D eigenvalue weighted by atomic mass is 10.2. The van der Waals surface area contributed by atoms with Crippen LogP contribution in [0, 0.1) is 0 Å². The predicted octanol–water partition coefficient (Wildman–Crippen LogP) is 2.19. The Balaban J connectivity index is 2.47. The van der Waals surface area contributed by atoms with Crippen LogP contribution >= 0.6 is 0 Å². The van der Waals surface area contributed by atoms with Crippen LogP contribution in [0.25, 0.3) is 0 Å². The van der Waals surface area contributed by atoms with Crippen molar-refractivity contribution in [3.8, 4) is 0 Å². The Hall–Kier alpha value is -1.88. The number of carbonyl (C=O) groups excluding carboxylic acids is 2. The van der Waals surface area contributed by atoms with E-state index in [0.717, 1.165) is 6.42 Å². The van der Waals surface area contributed by atoms with E-state index in [2.05, 4.69) is 29.2 Å². The van der Waals surface area contributed by atoms with E-state index in [9.17, 15) is 9.59 Å². The average Bonchev–Trinajstić information content (AvgIpc) is 2.46. The molecule has 0 spiro atoms. The third-order valence-electron chi connectivity index (χ3n) is 3.02. The number of hydrogen-bond acceptors (Lipinski definition) is 4. The Bertz CT molecular complexity index is 460. The van der Waals surface area contributed by atoms with Crippen molar-refractivity contribution in [3.05, 3.63) is 29.8 Å². The molecule has 1 aromatic rings. The van der Waals surface area contributed by atoms with Crippen molar-refractivity contribution in [2.24, 2.45) is 0 Å². The van der Waals surface area contributed by atoms with E-state index in [1.165, 1.54) is 7.11 Å². The lowest BCUT2D eigenvalue weighted by Gasteiger charge is -2.11. The standard InChI is InChI=1S/C15H22N2O3/c1-4-11(2)16-9-8-14(18)17-13-7-5-6-12(10-13)15(19)20-3/h5-7,10-11,16H,4,8-9H2,1-3H3,(H,17,18). The number of ether oxygens (including phenoxy) is 1. The molecule has 5 heteroatoms. The smallest absolute Gasteiger partial charge is 0.337 e. The zero-order valence-electron chi connectivity index (χ0n) is 12.2. The molecule has 0 aromatic heterocycles. The molecule has 1 rings (SSSR count). The molecule has 0 aliphatic carbocycles. The van der Waals surface area contributed by atoms with Crippen LogP contribution in [0.1, 0.15) is 37.0 Å². The maximum Gasteiger partial charge on any atom is 0.337 e. The van der Waals surface area contributed by atoms with Gasteiger partial charge in [0.1, 0.15) is 0 Å². The Kier molecular flexibility index (Phi) is 6.73. The third-order valence-corrected chi connectivity index (χ3v) is 3.02. The van der Waals surface area contributed by atoms with Gasteiger partial charge in [-0.1, -0.05) is 13.0 Å². The quantitative estimate of drug-likeness (QED) is 0.750. The summed E-state index contributed by atoms with van der Waals surface area (Å²) in [6.07, 6.45) is 1.43. The van der Waals surface area contributed by atoms with Crippen LogP contribution in [-0.2, 0) is 9.53 Å². The maximum absolute atomic E-state index is 11.8. The van der Waals surface area contributed by atoms with Crippen LogP contribution in [0.3, 0.4) is 0 Å². The predicted molar refractivity (Wildman–Crippen MR) is 78.8 cm³/mol. The van der Waals surface area contributed by atoms with E-state index < -0.39 is 5.97 Å². The van der Waals surface area contributed by atoms with Gasteiger partial charge in [-0.3, -0.25) is 4.79 Å². The molecule has 0 bridgehead atoms. The Labute approximate surface area is 119 Å². The van der Waals surface area contributed by atoms with Crippen molar-refractivity contribution in [1.29, 1.82) is 0 Å². The number of methoxy groups -OCH3 is 1. The molecule has 1 atom stereocenters. The summed E-state index contributed by atoms with van der Waals surface area (Å²) < 4.78 is 4.64. The highest BCUT2D eigenvalue weighted by Gasteiger charge is 2.08. The fraction of sp³-hybridized carbons (Fsp3) is 0.467. The van der Waals surface area contributed by atoms with Crippen molar-refractivity contribution in [1.82, 2.24) is 5.32 Å². The van der Waals surface area contributed by atoms with Crippen LogP contribution in [0.5, 0.6) is 0 Å². The van der Waals surface area contributed by atoms with E-state index in [1.54, 1.807) is 24.3 Å². The molecule has 20 heavy (non-hydrogen) atoms. The van der Waals surface area contributed by atoms with Gasteiger partial charge in [-0.05, 0) is 31.5 Å². The lowest BCUT2D eigenvalue weighted by Crippen LogP contribution is -2.28. The topological polar surface area (TPSA) is 67.4 Å². The summed E-state index contributed by atoms with van der Waals surface area (Å²) in [5.74, 6) is -0.498. The van der Waals surface area contributed by atoms with Gasteiger partial charge in [0.2, 0.25) is 5.91 Å². The second-order valence-corrected chi connectivity index (χ2v) is 4.63. The van der Waals surface area contributed by atoms with E-state index in [4.69, 9.17) is 0 Å². The first kappa shape index (κ1) is 16.2. The number of amides is 1. The van der Waals surface area contributed by atoms with E-state index >= 15 is 0 Å². The van der Waals surface area contributed by atoms with Crippen LogP contribution < -0.4 is 10.6 Å². The number of nitrogens with one attached hydrogen (secondary N) is 2. The van der Waals surface area contributed by atoms with Crippen LogP contribution in [0.2, 0.25) is 0 Å². The molecule has 1 aromatic carbocycles. The second-order valence-electron chi connectivity index (χ2n) is 4.63. The van der Waals surface area contributed by atoms with Crippen LogP contribution in [-0.4, -0.2) is 31.6 Å². The maximum atomic E-state index is 11.8. The molecule has 0 heterocycles. The first-order valence-corrected chi connectivity index (χ1v) is 6.78. The van der Waals surface area contributed by atoms with Gasteiger partial charge in [-0.15, -0.1) is 0 Å². The second kappa shape index (κ2) is 8.32. The zero-order valence-corrected chi connectivity index (χ0v) is 12.2. The summed E-state index contributed by atoms with van der Waals surface area (Å²) in [7, 11) is 1.33. The Morgan fingerprint density at radius 2 is 2.10 bits per heavy atom. The summed E-state index contributed by atoms with van der Waals surface area (Å²) >= 11 is 0. The molecule has 0 radical (unpaired) electrons. The number of esters is 1. The normalized spacial score (nSPS) is 11.8. The average molecular weight is 278 g/mol. The molecule has 2 N–H and O–H groups in total. The first-order valence-electron chi connectivity index (χ1n) is 6.78. The fourth-order valence-electron chi connectivity index (χ4n) is 1.64. The summed E-state index contributed by atoms with van der Waals surface area (Å²) in [5.41, 5.74) is 1.02. The largest absolute Gasteiger partial charge is 0.465 e. The number of benzene rings is 1. The minimum absolute atomic E-state index is 0.0807. The Morgan fingerprint density at radius 1 is 1.35 bits per heavy atom. The molecule has 0 saturated carbocycles. The molecule has 1 unspecified atom stereocenters. The molecule has 0 aliphatic rings. The van der Waals surface area contributed by atoms with E-state index in [-0.39, 0.29) is 5.91 Å². The minimum Gasteiger partial charge on any atom is -0.465 e.